The van der Waals surface area contributed by atoms with E-state index >= 15 is 0 Å². The maximum Gasteiger partial charge on any atom is 0.317 e. The van der Waals surface area contributed by atoms with Gasteiger partial charge >= 0.3 is 6.03 Å². The van der Waals surface area contributed by atoms with Crippen LogP contribution in [0.1, 0.15) is 25.7 Å². The number of rotatable bonds is 3. The van der Waals surface area contributed by atoms with Gasteiger partial charge in [0.1, 0.15) is 0 Å². The molecule has 1 aliphatic carbocycles. The van der Waals surface area contributed by atoms with E-state index in [2.05, 4.69) is 11.4 Å². The number of carbonyl (C=O) groups excluding carboxylic acids is 1. The fourth-order valence-corrected chi connectivity index (χ4v) is 3.24. The summed E-state index contributed by atoms with van der Waals surface area (Å²) in [4.78, 5) is 14.3. The van der Waals surface area contributed by atoms with Gasteiger partial charge in [0.25, 0.3) is 0 Å². The lowest BCUT2D eigenvalue weighted by molar-refractivity contribution is 0.0775. The molecular weight excluding hydrogens is 268 g/mol. The highest BCUT2D eigenvalue weighted by Crippen LogP contribution is 2.34. The lowest BCUT2D eigenvalue weighted by Crippen LogP contribution is -2.45. The van der Waals surface area contributed by atoms with Crippen molar-refractivity contribution in [1.29, 1.82) is 0 Å². The molecule has 2 heterocycles. The zero-order valence-corrected chi connectivity index (χ0v) is 12.7. The number of carbonyl (C=O) groups is 1. The maximum absolute atomic E-state index is 12.4. The normalized spacial score (nSPS) is 27.5. The van der Waals surface area contributed by atoms with Crippen molar-refractivity contribution in [2.24, 2.45) is 11.8 Å². The molecule has 0 radical (unpaired) electrons. The largest absolute Gasteiger partial charge is 0.379 e. The van der Waals surface area contributed by atoms with E-state index in [1.54, 1.807) is 0 Å². The van der Waals surface area contributed by atoms with Crippen LogP contribution in [0.2, 0.25) is 0 Å². The molecule has 5 nitrogen and oxygen atoms in total. The second-order valence-electron chi connectivity index (χ2n) is 6.32. The smallest absolute Gasteiger partial charge is 0.317 e. The molecule has 2 fully saturated rings. The molecule has 3 aliphatic rings. The van der Waals surface area contributed by atoms with Gasteiger partial charge in [-0.15, -0.1) is 0 Å². The summed E-state index contributed by atoms with van der Waals surface area (Å²) in [5.74, 6) is 1.28. The van der Waals surface area contributed by atoms with E-state index in [4.69, 9.17) is 9.47 Å². The third-order valence-corrected chi connectivity index (χ3v) is 4.92. The second kappa shape index (κ2) is 7.27. The van der Waals surface area contributed by atoms with Crippen molar-refractivity contribution >= 4 is 6.03 Å². The van der Waals surface area contributed by atoms with Crippen LogP contribution in [0.3, 0.4) is 0 Å². The summed E-state index contributed by atoms with van der Waals surface area (Å²) >= 11 is 0. The van der Waals surface area contributed by atoms with E-state index in [0.717, 1.165) is 32.1 Å². The van der Waals surface area contributed by atoms with Crippen molar-refractivity contribution in [3.05, 3.63) is 11.6 Å². The highest BCUT2D eigenvalue weighted by atomic mass is 16.5. The van der Waals surface area contributed by atoms with Gasteiger partial charge in [0.05, 0.1) is 26.4 Å². The topological polar surface area (TPSA) is 50.8 Å². The van der Waals surface area contributed by atoms with Gasteiger partial charge in [0.15, 0.2) is 0 Å². The lowest BCUT2D eigenvalue weighted by Gasteiger charge is -2.34. The minimum absolute atomic E-state index is 0.0530. The molecular formula is C16H26N2O3. The Hall–Kier alpha value is -1.07. The summed E-state index contributed by atoms with van der Waals surface area (Å²) in [5.41, 5.74) is 1.27. The molecule has 3 rings (SSSR count). The van der Waals surface area contributed by atoms with Gasteiger partial charge in [-0.1, -0.05) is 30.9 Å². The Morgan fingerprint density at radius 1 is 1.29 bits per heavy atom. The van der Waals surface area contributed by atoms with Crippen LogP contribution in [0.4, 0.5) is 4.79 Å². The van der Waals surface area contributed by atoms with Gasteiger partial charge in [0.2, 0.25) is 0 Å². The number of nitrogens with one attached hydrogen (secondary N) is 1. The number of ether oxygens (including phenoxy) is 2. The molecule has 1 N–H and O–H groups in total. The van der Waals surface area contributed by atoms with Crippen LogP contribution in [0, 0.1) is 11.8 Å². The Balaban J connectivity index is 1.48. The zero-order chi connectivity index (χ0) is 14.5. The number of urea groups is 1. The van der Waals surface area contributed by atoms with Gasteiger partial charge in [-0.3, -0.25) is 0 Å². The van der Waals surface area contributed by atoms with Gasteiger partial charge < -0.3 is 19.7 Å². The Morgan fingerprint density at radius 3 is 2.90 bits per heavy atom. The summed E-state index contributed by atoms with van der Waals surface area (Å²) < 4.78 is 11.0. The standard InChI is InChI=1S/C16H26N2O3/c19-16(17-10-13-4-7-20-8-5-13)18-6-9-21-12-15(11-18)14-2-1-3-14/h4,14-15H,1-3,5-12H2,(H,17,19). The summed E-state index contributed by atoms with van der Waals surface area (Å²) in [6.07, 6.45) is 6.94. The molecule has 118 valence electrons. The maximum atomic E-state index is 12.4. The monoisotopic (exact) mass is 294 g/mol. The van der Waals surface area contributed by atoms with Gasteiger partial charge in [-0.25, -0.2) is 4.79 Å². The van der Waals surface area contributed by atoms with Crippen molar-refractivity contribution in [2.45, 2.75) is 25.7 Å². The molecule has 1 unspecified atom stereocenters. The SMILES string of the molecule is O=C(NCC1=CCOCC1)N1CCOCC(C2CCC2)C1. The molecule has 0 aromatic heterocycles. The fourth-order valence-electron chi connectivity index (χ4n) is 3.24. The van der Waals surface area contributed by atoms with Crippen LogP contribution in [0.5, 0.6) is 0 Å². The third-order valence-electron chi connectivity index (χ3n) is 4.92. The van der Waals surface area contributed by atoms with Crippen molar-refractivity contribution < 1.29 is 14.3 Å². The summed E-state index contributed by atoms with van der Waals surface area (Å²) in [7, 11) is 0. The second-order valence-corrected chi connectivity index (χ2v) is 6.32. The lowest BCUT2D eigenvalue weighted by atomic mass is 9.76. The Bertz CT molecular complexity index is 393. The number of hydrogen-bond donors (Lipinski definition) is 1. The predicted octanol–water partition coefficient (Wildman–Crippen LogP) is 1.79. The van der Waals surface area contributed by atoms with Crippen LogP contribution in [-0.2, 0) is 9.47 Å². The molecule has 1 saturated carbocycles. The number of nitrogens with zero attached hydrogens (tertiary/aromatic N) is 1. The molecule has 0 aromatic rings. The van der Waals surface area contributed by atoms with Gasteiger partial charge in [-0.05, 0) is 12.3 Å². The average molecular weight is 294 g/mol. The Kier molecular flexibility index (Phi) is 5.14. The molecule has 21 heavy (non-hydrogen) atoms. The molecule has 0 aromatic carbocycles. The molecule has 2 amide bonds. The highest BCUT2D eigenvalue weighted by Gasteiger charge is 2.31. The first-order chi connectivity index (χ1) is 10.3. The van der Waals surface area contributed by atoms with Gasteiger partial charge in [0, 0.05) is 25.6 Å². The molecule has 5 heteroatoms. The van der Waals surface area contributed by atoms with Gasteiger partial charge in [-0.2, -0.15) is 0 Å². The van der Waals surface area contributed by atoms with Crippen LogP contribution in [0.25, 0.3) is 0 Å². The molecule has 0 spiro atoms. The number of hydrogen-bond acceptors (Lipinski definition) is 3. The fraction of sp³-hybridized carbons (Fsp3) is 0.812. The molecule has 1 saturated heterocycles. The Morgan fingerprint density at radius 2 is 2.19 bits per heavy atom. The average Bonchev–Trinajstić information content (AvgIpc) is 2.70. The summed E-state index contributed by atoms with van der Waals surface area (Å²) in [6.45, 7) is 5.11. The first kappa shape index (κ1) is 14.9. The van der Waals surface area contributed by atoms with E-state index in [0.29, 0.717) is 32.2 Å². The van der Waals surface area contributed by atoms with E-state index in [1.807, 2.05) is 4.90 Å². The Labute approximate surface area is 126 Å². The van der Waals surface area contributed by atoms with Crippen molar-refractivity contribution in [1.82, 2.24) is 10.2 Å². The summed E-state index contributed by atoms with van der Waals surface area (Å²) in [6, 6.07) is 0.0530. The minimum atomic E-state index is 0.0530. The molecule has 2 aliphatic heterocycles. The highest BCUT2D eigenvalue weighted by molar-refractivity contribution is 5.74. The van der Waals surface area contributed by atoms with Crippen LogP contribution < -0.4 is 5.32 Å². The first-order valence-corrected chi connectivity index (χ1v) is 8.19. The van der Waals surface area contributed by atoms with E-state index in [1.165, 1.54) is 24.8 Å². The van der Waals surface area contributed by atoms with E-state index in [9.17, 15) is 4.79 Å². The summed E-state index contributed by atoms with van der Waals surface area (Å²) in [5, 5.41) is 3.05. The van der Waals surface area contributed by atoms with Crippen LogP contribution in [0.15, 0.2) is 11.6 Å². The zero-order valence-electron chi connectivity index (χ0n) is 12.7. The number of amides is 2. The predicted molar refractivity (Wildman–Crippen MR) is 80.1 cm³/mol. The van der Waals surface area contributed by atoms with Crippen molar-refractivity contribution in [3.8, 4) is 0 Å². The van der Waals surface area contributed by atoms with Crippen LogP contribution in [-0.4, -0.2) is 57.0 Å². The quantitative estimate of drug-likeness (QED) is 0.807. The van der Waals surface area contributed by atoms with E-state index in [-0.39, 0.29) is 6.03 Å². The minimum Gasteiger partial charge on any atom is -0.379 e. The third kappa shape index (κ3) is 3.98. The van der Waals surface area contributed by atoms with Crippen molar-refractivity contribution in [3.63, 3.8) is 0 Å². The first-order valence-electron chi connectivity index (χ1n) is 8.19. The van der Waals surface area contributed by atoms with E-state index < -0.39 is 0 Å². The van der Waals surface area contributed by atoms with Crippen LogP contribution >= 0.6 is 0 Å². The van der Waals surface area contributed by atoms with Crippen molar-refractivity contribution in [2.75, 3.05) is 46.1 Å². The molecule has 1 atom stereocenters. The molecule has 0 bridgehead atoms.